The van der Waals surface area contributed by atoms with Gasteiger partial charge < -0.3 is 20.9 Å². The number of nitrogens with zero attached hydrogens (tertiary/aromatic N) is 1. The molecule has 9 heteroatoms. The van der Waals surface area contributed by atoms with Crippen LogP contribution < -0.4 is 16.2 Å². The molecule has 0 aliphatic heterocycles. The largest absolute Gasteiger partial charge is 0.573 e. The second kappa shape index (κ2) is 5.08. The third kappa shape index (κ3) is 3.00. The molecule has 0 saturated carbocycles. The first-order chi connectivity index (χ1) is 8.30. The van der Waals surface area contributed by atoms with Gasteiger partial charge in [-0.05, 0) is 0 Å². The Balaban J connectivity index is 3.39. The van der Waals surface area contributed by atoms with E-state index in [0.717, 1.165) is 13.3 Å². The van der Waals surface area contributed by atoms with E-state index in [-0.39, 0.29) is 17.9 Å². The van der Waals surface area contributed by atoms with Gasteiger partial charge >= 0.3 is 12.3 Å². The number of ether oxygens (including phenoxy) is 2. The summed E-state index contributed by atoms with van der Waals surface area (Å²) < 4.78 is 44.9. The second-order valence-corrected chi connectivity index (χ2v) is 3.11. The molecule has 100 valence electrons. The van der Waals surface area contributed by atoms with Crippen molar-refractivity contribution in [3.8, 4) is 5.75 Å². The lowest BCUT2D eigenvalue weighted by Crippen LogP contribution is -2.22. The average molecular weight is 265 g/mol. The van der Waals surface area contributed by atoms with Crippen LogP contribution >= 0.6 is 0 Å². The van der Waals surface area contributed by atoms with Crippen molar-refractivity contribution in [1.82, 2.24) is 4.98 Å². The molecule has 0 amide bonds. The highest BCUT2D eigenvalue weighted by Gasteiger charge is 2.35. The first kappa shape index (κ1) is 14.0. The van der Waals surface area contributed by atoms with E-state index in [1.165, 1.54) is 0 Å². The fourth-order valence-corrected chi connectivity index (χ4v) is 1.23. The number of nitrogen functional groups attached to an aromatic ring is 1. The Morgan fingerprint density at radius 3 is 2.56 bits per heavy atom. The number of aromatic nitrogens is 1. The Hall–Kier alpha value is -2.03. The Bertz CT molecular complexity index is 462. The zero-order valence-corrected chi connectivity index (χ0v) is 9.25. The maximum Gasteiger partial charge on any atom is 0.573 e. The summed E-state index contributed by atoms with van der Waals surface area (Å²) in [7, 11) is 1.01. The Kier molecular flexibility index (Phi) is 3.96. The van der Waals surface area contributed by atoms with Crippen LogP contribution in [0, 0.1) is 0 Å². The summed E-state index contributed by atoms with van der Waals surface area (Å²) in [6.45, 7) is -0.366. The van der Waals surface area contributed by atoms with Crippen molar-refractivity contribution in [2.75, 3.05) is 12.8 Å². The van der Waals surface area contributed by atoms with Crippen molar-refractivity contribution < 1.29 is 27.4 Å². The maximum atomic E-state index is 12.3. The molecule has 1 aromatic rings. The summed E-state index contributed by atoms with van der Waals surface area (Å²) in [5, 5.41) is 0. The van der Waals surface area contributed by atoms with Crippen LogP contribution in [0.25, 0.3) is 0 Å². The maximum absolute atomic E-state index is 12.3. The number of esters is 1. The second-order valence-electron chi connectivity index (χ2n) is 3.11. The van der Waals surface area contributed by atoms with E-state index < -0.39 is 23.6 Å². The van der Waals surface area contributed by atoms with Crippen LogP contribution in [0.1, 0.15) is 15.9 Å². The van der Waals surface area contributed by atoms with E-state index in [1.54, 1.807) is 0 Å². The fraction of sp³-hybridized carbons (Fsp3) is 0.333. The summed E-state index contributed by atoms with van der Waals surface area (Å²) in [4.78, 5) is 14.9. The summed E-state index contributed by atoms with van der Waals surface area (Å²) in [6.07, 6.45) is -4.15. The average Bonchev–Trinajstić information content (AvgIpc) is 2.26. The zero-order chi connectivity index (χ0) is 13.9. The zero-order valence-electron chi connectivity index (χ0n) is 9.25. The molecule has 6 nitrogen and oxygen atoms in total. The molecule has 0 aromatic carbocycles. The molecule has 0 radical (unpaired) electrons. The van der Waals surface area contributed by atoms with Gasteiger partial charge in [0.05, 0.1) is 12.7 Å². The molecule has 0 bridgehead atoms. The number of carbonyl (C=O) groups is 1. The van der Waals surface area contributed by atoms with Crippen LogP contribution in [0.3, 0.4) is 0 Å². The molecular weight excluding hydrogens is 255 g/mol. The quantitative estimate of drug-likeness (QED) is 0.784. The van der Waals surface area contributed by atoms with Crippen LogP contribution in [0.4, 0.5) is 19.0 Å². The van der Waals surface area contributed by atoms with Crippen LogP contribution in [-0.2, 0) is 11.3 Å². The first-order valence-electron chi connectivity index (χ1n) is 4.61. The summed E-state index contributed by atoms with van der Waals surface area (Å²) in [6, 6.07) is 0. The SMILES string of the molecule is COC(=O)c1cnc(N)c(CN)c1OC(F)(F)F. The van der Waals surface area contributed by atoms with Gasteiger partial charge in [-0.25, -0.2) is 9.78 Å². The number of methoxy groups -OCH3 is 1. The minimum absolute atomic E-state index is 0.213. The Labute approximate surface area is 99.7 Å². The molecular formula is C9H10F3N3O3. The van der Waals surface area contributed by atoms with Gasteiger partial charge in [0.25, 0.3) is 0 Å². The normalized spacial score (nSPS) is 11.2. The monoisotopic (exact) mass is 265 g/mol. The minimum atomic E-state index is -4.99. The standard InChI is InChI=1S/C9H10F3N3O3/c1-17-8(16)5-3-15-7(14)4(2-13)6(5)18-9(10,11)12/h3H,2,13H2,1H3,(H2,14,15). The predicted molar refractivity (Wildman–Crippen MR) is 54.6 cm³/mol. The van der Waals surface area contributed by atoms with E-state index in [1.807, 2.05) is 0 Å². The van der Waals surface area contributed by atoms with Gasteiger partial charge in [-0.3, -0.25) is 0 Å². The van der Waals surface area contributed by atoms with Crippen LogP contribution in [0.5, 0.6) is 5.75 Å². The molecule has 0 aliphatic rings. The van der Waals surface area contributed by atoms with Crippen molar-refractivity contribution >= 4 is 11.8 Å². The van der Waals surface area contributed by atoms with Gasteiger partial charge in [-0.15, -0.1) is 13.2 Å². The summed E-state index contributed by atoms with van der Waals surface area (Å²) >= 11 is 0. The van der Waals surface area contributed by atoms with Crippen molar-refractivity contribution in [2.45, 2.75) is 12.9 Å². The van der Waals surface area contributed by atoms with Crippen molar-refractivity contribution in [3.05, 3.63) is 17.3 Å². The van der Waals surface area contributed by atoms with E-state index in [4.69, 9.17) is 11.5 Å². The molecule has 0 unspecified atom stereocenters. The summed E-state index contributed by atoms with van der Waals surface area (Å²) in [5.74, 6) is -2.06. The van der Waals surface area contributed by atoms with E-state index in [9.17, 15) is 18.0 Å². The molecule has 1 aromatic heterocycles. The third-order valence-corrected chi connectivity index (χ3v) is 1.99. The van der Waals surface area contributed by atoms with Crippen molar-refractivity contribution in [1.29, 1.82) is 0 Å². The first-order valence-corrected chi connectivity index (χ1v) is 4.61. The van der Waals surface area contributed by atoms with E-state index in [0.29, 0.717) is 0 Å². The smallest absolute Gasteiger partial charge is 0.465 e. The molecule has 0 spiro atoms. The number of halogens is 3. The molecule has 0 fully saturated rings. The molecule has 0 atom stereocenters. The van der Waals surface area contributed by atoms with Gasteiger partial charge in [0, 0.05) is 12.7 Å². The van der Waals surface area contributed by atoms with E-state index in [2.05, 4.69) is 14.5 Å². The van der Waals surface area contributed by atoms with Gasteiger partial charge in [0.1, 0.15) is 11.4 Å². The van der Waals surface area contributed by atoms with Crippen LogP contribution in [0.15, 0.2) is 6.20 Å². The van der Waals surface area contributed by atoms with Gasteiger partial charge in [-0.1, -0.05) is 0 Å². The number of nitrogens with two attached hydrogens (primary N) is 2. The number of alkyl halides is 3. The Morgan fingerprint density at radius 2 is 2.11 bits per heavy atom. The molecule has 0 aliphatic carbocycles. The number of carbonyl (C=O) groups excluding carboxylic acids is 1. The number of hydrogen-bond donors (Lipinski definition) is 2. The fourth-order valence-electron chi connectivity index (χ4n) is 1.23. The number of pyridine rings is 1. The lowest BCUT2D eigenvalue weighted by atomic mass is 10.1. The number of anilines is 1. The molecule has 1 heterocycles. The van der Waals surface area contributed by atoms with E-state index >= 15 is 0 Å². The number of hydrogen-bond acceptors (Lipinski definition) is 6. The predicted octanol–water partition coefficient (Wildman–Crippen LogP) is 0.808. The Morgan fingerprint density at radius 1 is 1.50 bits per heavy atom. The third-order valence-electron chi connectivity index (χ3n) is 1.99. The van der Waals surface area contributed by atoms with Crippen LogP contribution in [0.2, 0.25) is 0 Å². The highest BCUT2D eigenvalue weighted by atomic mass is 19.4. The lowest BCUT2D eigenvalue weighted by molar-refractivity contribution is -0.275. The topological polar surface area (TPSA) is 100 Å². The highest BCUT2D eigenvalue weighted by molar-refractivity contribution is 5.93. The number of rotatable bonds is 3. The lowest BCUT2D eigenvalue weighted by Gasteiger charge is -2.16. The molecule has 4 N–H and O–H groups in total. The van der Waals surface area contributed by atoms with Gasteiger partial charge in [-0.2, -0.15) is 0 Å². The highest BCUT2D eigenvalue weighted by Crippen LogP contribution is 2.32. The van der Waals surface area contributed by atoms with Gasteiger partial charge in [0.2, 0.25) is 0 Å². The minimum Gasteiger partial charge on any atom is -0.465 e. The molecule has 0 saturated heterocycles. The van der Waals surface area contributed by atoms with Crippen molar-refractivity contribution in [2.24, 2.45) is 5.73 Å². The van der Waals surface area contributed by atoms with Gasteiger partial charge in [0.15, 0.2) is 5.75 Å². The molecule has 1 rings (SSSR count). The molecule has 18 heavy (non-hydrogen) atoms. The van der Waals surface area contributed by atoms with Crippen LogP contribution in [-0.4, -0.2) is 24.4 Å². The van der Waals surface area contributed by atoms with Crippen molar-refractivity contribution in [3.63, 3.8) is 0 Å². The summed E-state index contributed by atoms with van der Waals surface area (Å²) in [5.41, 5.74) is 9.92.